The molecule has 2 N–H and O–H groups in total. The van der Waals surface area contributed by atoms with Gasteiger partial charge in [-0.05, 0) is 51.1 Å². The van der Waals surface area contributed by atoms with Crippen LogP contribution >= 0.6 is 0 Å². The van der Waals surface area contributed by atoms with E-state index in [1.54, 1.807) is 0 Å². The number of hydrogen-bond donors (Lipinski definition) is 1. The number of carbonyl (C=O) groups excluding carboxylic acids is 1. The van der Waals surface area contributed by atoms with Crippen molar-refractivity contribution in [1.29, 1.82) is 0 Å². The molecule has 1 heterocycles. The average Bonchev–Trinajstić information content (AvgIpc) is 2.81. The minimum atomic E-state index is -0.484. The number of likely N-dealkylation sites (tertiary alicyclic amines) is 1. The Bertz CT molecular complexity index is 278. The largest absolute Gasteiger partial charge is 0.465 e. The third kappa shape index (κ3) is 3.23. The van der Waals surface area contributed by atoms with Crippen molar-refractivity contribution in [2.24, 2.45) is 11.1 Å². The van der Waals surface area contributed by atoms with Gasteiger partial charge in [0.05, 0.1) is 6.61 Å². The van der Waals surface area contributed by atoms with E-state index in [4.69, 9.17) is 10.5 Å². The summed E-state index contributed by atoms with van der Waals surface area (Å²) in [6.45, 7) is 5.06. The molecular weight excluding hydrogens is 228 g/mol. The molecular formula is C14H26N2O2. The Morgan fingerprint density at radius 2 is 1.89 bits per heavy atom. The number of nitrogens with two attached hydrogens (primary N) is 1. The molecule has 1 saturated heterocycles. The van der Waals surface area contributed by atoms with Gasteiger partial charge in [-0.25, -0.2) is 0 Å². The summed E-state index contributed by atoms with van der Waals surface area (Å²) in [6.07, 6.45) is 8.19. The highest BCUT2D eigenvalue weighted by Crippen LogP contribution is 2.45. The molecule has 0 bridgehead atoms. The Balaban J connectivity index is 1.74. The van der Waals surface area contributed by atoms with Crippen molar-refractivity contribution >= 4 is 5.97 Å². The van der Waals surface area contributed by atoms with Crippen LogP contribution in [0.2, 0.25) is 0 Å². The molecule has 1 unspecified atom stereocenters. The minimum Gasteiger partial charge on any atom is -0.465 e. The van der Waals surface area contributed by atoms with E-state index >= 15 is 0 Å². The topological polar surface area (TPSA) is 55.6 Å². The van der Waals surface area contributed by atoms with Crippen molar-refractivity contribution in [3.8, 4) is 0 Å². The van der Waals surface area contributed by atoms with Crippen molar-refractivity contribution in [3.05, 3.63) is 0 Å². The van der Waals surface area contributed by atoms with Crippen LogP contribution in [0.3, 0.4) is 0 Å². The molecule has 1 atom stereocenters. The Morgan fingerprint density at radius 3 is 2.44 bits per heavy atom. The van der Waals surface area contributed by atoms with Crippen LogP contribution in [0, 0.1) is 5.41 Å². The number of rotatable bonds is 4. The molecule has 0 radical (unpaired) electrons. The van der Waals surface area contributed by atoms with Gasteiger partial charge in [0.1, 0.15) is 6.04 Å². The van der Waals surface area contributed by atoms with Crippen LogP contribution in [-0.2, 0) is 9.53 Å². The van der Waals surface area contributed by atoms with Crippen LogP contribution in [-0.4, -0.2) is 43.2 Å². The van der Waals surface area contributed by atoms with Crippen LogP contribution in [0.1, 0.15) is 45.4 Å². The summed E-state index contributed by atoms with van der Waals surface area (Å²) in [5, 5.41) is 0. The van der Waals surface area contributed by atoms with Gasteiger partial charge in [0.15, 0.2) is 0 Å². The van der Waals surface area contributed by atoms with Gasteiger partial charge in [-0.3, -0.25) is 4.79 Å². The van der Waals surface area contributed by atoms with Gasteiger partial charge >= 0.3 is 5.97 Å². The molecule has 1 aliphatic carbocycles. The smallest absolute Gasteiger partial charge is 0.324 e. The summed E-state index contributed by atoms with van der Waals surface area (Å²) in [5.74, 6) is -0.265. The summed E-state index contributed by atoms with van der Waals surface area (Å²) in [4.78, 5) is 13.8. The minimum absolute atomic E-state index is 0.265. The van der Waals surface area contributed by atoms with Crippen molar-refractivity contribution in [1.82, 2.24) is 4.90 Å². The van der Waals surface area contributed by atoms with Gasteiger partial charge in [-0.15, -0.1) is 0 Å². The molecule has 1 spiro atoms. The molecule has 1 aliphatic heterocycles. The predicted octanol–water partition coefficient (Wildman–Crippen LogP) is 1.53. The van der Waals surface area contributed by atoms with Gasteiger partial charge in [-0.2, -0.15) is 0 Å². The lowest BCUT2D eigenvalue weighted by atomic mass is 9.77. The first kappa shape index (κ1) is 13.8. The summed E-state index contributed by atoms with van der Waals surface area (Å²) in [6, 6.07) is -0.484. The number of ether oxygens (including phenoxy) is 1. The first-order valence-electron chi connectivity index (χ1n) is 7.30. The lowest BCUT2D eigenvalue weighted by molar-refractivity contribution is -0.145. The second kappa shape index (κ2) is 6.02. The number of carbonyl (C=O) groups is 1. The molecule has 2 aliphatic rings. The molecule has 2 rings (SSSR count). The Labute approximate surface area is 110 Å². The molecule has 4 nitrogen and oxygen atoms in total. The lowest BCUT2D eigenvalue weighted by Crippen LogP contribution is -2.47. The highest BCUT2D eigenvalue weighted by atomic mass is 16.5. The molecule has 104 valence electrons. The van der Waals surface area contributed by atoms with Gasteiger partial charge in [0, 0.05) is 6.54 Å². The average molecular weight is 254 g/mol. The Kier molecular flexibility index (Phi) is 4.62. The highest BCUT2D eigenvalue weighted by Gasteiger charge is 2.37. The molecule has 1 saturated carbocycles. The summed E-state index contributed by atoms with van der Waals surface area (Å²) in [5.41, 5.74) is 6.49. The maximum Gasteiger partial charge on any atom is 0.324 e. The molecule has 0 aromatic rings. The molecule has 0 aromatic heterocycles. The number of piperidine rings is 1. The van der Waals surface area contributed by atoms with E-state index in [0.29, 0.717) is 18.6 Å². The van der Waals surface area contributed by atoms with E-state index in [0.717, 1.165) is 13.1 Å². The zero-order valence-corrected chi connectivity index (χ0v) is 11.5. The molecule has 0 aromatic carbocycles. The normalized spacial score (nSPS) is 25.2. The summed E-state index contributed by atoms with van der Waals surface area (Å²) in [7, 11) is 0. The van der Waals surface area contributed by atoms with E-state index in [-0.39, 0.29) is 5.97 Å². The zero-order chi connectivity index (χ0) is 13.0. The van der Waals surface area contributed by atoms with Crippen LogP contribution in [0.15, 0.2) is 0 Å². The van der Waals surface area contributed by atoms with Crippen molar-refractivity contribution in [2.45, 2.75) is 51.5 Å². The fourth-order valence-electron chi connectivity index (χ4n) is 3.44. The summed E-state index contributed by atoms with van der Waals surface area (Å²) < 4.78 is 4.95. The molecule has 4 heteroatoms. The predicted molar refractivity (Wildman–Crippen MR) is 71.2 cm³/mol. The molecule has 0 amide bonds. The van der Waals surface area contributed by atoms with Gasteiger partial charge in [-0.1, -0.05) is 12.8 Å². The number of hydrogen-bond acceptors (Lipinski definition) is 4. The zero-order valence-electron chi connectivity index (χ0n) is 11.5. The third-order valence-electron chi connectivity index (χ3n) is 4.63. The summed E-state index contributed by atoms with van der Waals surface area (Å²) >= 11 is 0. The first-order valence-corrected chi connectivity index (χ1v) is 7.30. The van der Waals surface area contributed by atoms with Crippen molar-refractivity contribution < 1.29 is 9.53 Å². The van der Waals surface area contributed by atoms with Crippen LogP contribution in [0.5, 0.6) is 0 Å². The van der Waals surface area contributed by atoms with E-state index in [9.17, 15) is 4.79 Å². The SMILES string of the molecule is CCOC(=O)C(N)CN1CCC2(CCCC2)CC1. The maximum atomic E-state index is 11.5. The van der Waals surface area contributed by atoms with E-state index in [1.807, 2.05) is 6.92 Å². The lowest BCUT2D eigenvalue weighted by Gasteiger charge is -2.39. The standard InChI is InChI=1S/C14H26N2O2/c1-2-18-13(17)12(15)11-16-9-7-14(8-10-16)5-3-4-6-14/h12H,2-11,15H2,1H3. The third-order valence-corrected chi connectivity index (χ3v) is 4.63. The van der Waals surface area contributed by atoms with Gasteiger partial charge in [0.25, 0.3) is 0 Å². The van der Waals surface area contributed by atoms with Crippen LogP contribution in [0.25, 0.3) is 0 Å². The van der Waals surface area contributed by atoms with Crippen LogP contribution in [0.4, 0.5) is 0 Å². The quantitative estimate of drug-likeness (QED) is 0.773. The fraction of sp³-hybridized carbons (Fsp3) is 0.929. The Hall–Kier alpha value is -0.610. The monoisotopic (exact) mass is 254 g/mol. The maximum absolute atomic E-state index is 11.5. The van der Waals surface area contributed by atoms with Crippen molar-refractivity contribution in [3.63, 3.8) is 0 Å². The first-order chi connectivity index (χ1) is 8.65. The molecule has 18 heavy (non-hydrogen) atoms. The molecule has 2 fully saturated rings. The van der Waals surface area contributed by atoms with E-state index in [1.165, 1.54) is 38.5 Å². The van der Waals surface area contributed by atoms with Gasteiger partial charge < -0.3 is 15.4 Å². The highest BCUT2D eigenvalue weighted by molar-refractivity contribution is 5.75. The van der Waals surface area contributed by atoms with Crippen LogP contribution < -0.4 is 5.73 Å². The van der Waals surface area contributed by atoms with Gasteiger partial charge in [0.2, 0.25) is 0 Å². The second-order valence-corrected chi connectivity index (χ2v) is 5.87. The number of nitrogens with zero attached hydrogens (tertiary/aromatic N) is 1. The van der Waals surface area contributed by atoms with Crippen molar-refractivity contribution in [2.75, 3.05) is 26.2 Å². The Morgan fingerprint density at radius 1 is 1.28 bits per heavy atom. The second-order valence-electron chi connectivity index (χ2n) is 5.87. The fourth-order valence-corrected chi connectivity index (χ4v) is 3.44. The van der Waals surface area contributed by atoms with E-state index in [2.05, 4.69) is 4.90 Å². The number of esters is 1. The van der Waals surface area contributed by atoms with E-state index < -0.39 is 6.04 Å².